The lowest BCUT2D eigenvalue weighted by Gasteiger charge is -2.38. The molecule has 4 atom stereocenters. The van der Waals surface area contributed by atoms with Crippen LogP contribution in [-0.2, 0) is 21.3 Å². The Morgan fingerprint density at radius 2 is 1.73 bits per heavy atom. The van der Waals surface area contributed by atoms with Gasteiger partial charge in [-0.2, -0.15) is 0 Å². The summed E-state index contributed by atoms with van der Waals surface area (Å²) in [6.45, 7) is 5.59. The number of halogens is 2. The largest absolute Gasteiger partial charge is 0.391 e. The molecule has 1 saturated heterocycles. The van der Waals surface area contributed by atoms with Crippen LogP contribution >= 0.6 is 11.6 Å². The molecule has 0 spiro atoms. The standard InChI is InChI=1S/C33H39ClFN5O4S/c1-32(2,3)45(44)39-33(15-12-21-4-5-21,22-13-16-36-17-14-22)23-6-11-27(35)28(18-23)38-30(42)29-19-26(41)20-40(29)31(43)37-25-9-7-24(34)8-10-25/h6-11,13-14,16-18,21,26,29,39,41H,4-5,12,15,19-20H2,1-3H3,(H,37,43)(H,38,42)/t26?,29?,33?,45-/m1/s1. The Balaban J connectivity index is 1.45. The number of nitrogens with zero attached hydrogens (tertiary/aromatic N) is 2. The number of carbonyl (C=O) groups is 2. The quantitative estimate of drug-likeness (QED) is 0.214. The van der Waals surface area contributed by atoms with Crippen molar-refractivity contribution < 1.29 is 23.3 Å². The number of benzene rings is 2. The summed E-state index contributed by atoms with van der Waals surface area (Å²) in [5.74, 6) is -0.729. The van der Waals surface area contributed by atoms with E-state index in [1.807, 2.05) is 32.9 Å². The van der Waals surface area contributed by atoms with Crippen LogP contribution in [0.5, 0.6) is 0 Å². The number of amides is 3. The first-order chi connectivity index (χ1) is 21.4. The summed E-state index contributed by atoms with van der Waals surface area (Å²) in [7, 11) is -1.50. The SMILES string of the molecule is CC(C)(C)[S@@](=O)NC(CCC1CC1)(c1ccncc1)c1ccc(F)c(NC(=O)C2CC(O)CN2C(=O)Nc2ccc(Cl)cc2)c1. The third-order valence-corrected chi connectivity index (χ3v) is 10.2. The lowest BCUT2D eigenvalue weighted by molar-refractivity contribution is -0.119. The maximum Gasteiger partial charge on any atom is 0.322 e. The second-order valence-electron chi connectivity index (χ2n) is 12.8. The number of aliphatic hydroxyl groups is 1. The van der Waals surface area contributed by atoms with E-state index in [4.69, 9.17) is 11.6 Å². The number of anilines is 2. The van der Waals surface area contributed by atoms with Gasteiger partial charge in [-0.15, -0.1) is 0 Å². The molecule has 12 heteroatoms. The number of hydrogen-bond donors (Lipinski definition) is 4. The summed E-state index contributed by atoms with van der Waals surface area (Å²) in [4.78, 5) is 32.1. The van der Waals surface area contributed by atoms with E-state index in [0.29, 0.717) is 28.6 Å². The summed E-state index contributed by atoms with van der Waals surface area (Å²) in [6.07, 6.45) is 6.14. The van der Waals surface area contributed by atoms with Crippen molar-refractivity contribution in [3.63, 3.8) is 0 Å². The van der Waals surface area contributed by atoms with Gasteiger partial charge in [-0.3, -0.25) is 9.78 Å². The maximum absolute atomic E-state index is 15.4. The van der Waals surface area contributed by atoms with Gasteiger partial charge in [0.1, 0.15) is 11.9 Å². The zero-order chi connectivity index (χ0) is 32.4. The molecular formula is C33H39ClFN5O4S. The van der Waals surface area contributed by atoms with Crippen molar-refractivity contribution in [3.8, 4) is 0 Å². The first-order valence-electron chi connectivity index (χ1n) is 15.1. The molecule has 2 heterocycles. The van der Waals surface area contributed by atoms with Crippen molar-refractivity contribution in [2.24, 2.45) is 5.92 Å². The Labute approximate surface area is 270 Å². The van der Waals surface area contributed by atoms with Crippen LogP contribution in [-0.4, -0.2) is 54.6 Å². The number of carbonyl (C=O) groups excluding carboxylic acids is 2. The summed E-state index contributed by atoms with van der Waals surface area (Å²) < 4.78 is 31.8. The average molecular weight is 656 g/mol. The van der Waals surface area contributed by atoms with Crippen molar-refractivity contribution >= 4 is 45.9 Å². The summed E-state index contributed by atoms with van der Waals surface area (Å²) >= 11 is 5.94. The molecule has 3 unspecified atom stereocenters. The van der Waals surface area contributed by atoms with Gasteiger partial charge in [0, 0.05) is 36.1 Å². The lowest BCUT2D eigenvalue weighted by atomic mass is 9.79. The molecule has 3 amide bonds. The third kappa shape index (κ3) is 7.89. The number of aromatic nitrogens is 1. The fourth-order valence-corrected chi connectivity index (χ4v) is 6.60. The van der Waals surface area contributed by atoms with Crippen LogP contribution in [0.25, 0.3) is 0 Å². The van der Waals surface area contributed by atoms with Gasteiger partial charge >= 0.3 is 6.03 Å². The molecule has 1 aliphatic heterocycles. The molecule has 9 nitrogen and oxygen atoms in total. The van der Waals surface area contributed by atoms with Crippen molar-refractivity contribution in [1.29, 1.82) is 0 Å². The number of rotatable bonds is 10. The highest BCUT2D eigenvalue weighted by atomic mass is 35.5. The number of nitrogens with one attached hydrogen (secondary N) is 3. The Morgan fingerprint density at radius 3 is 2.38 bits per heavy atom. The molecule has 2 aromatic carbocycles. The van der Waals surface area contributed by atoms with Gasteiger partial charge in [0.2, 0.25) is 5.91 Å². The summed E-state index contributed by atoms with van der Waals surface area (Å²) in [6, 6.07) is 13.1. The van der Waals surface area contributed by atoms with Crippen LogP contribution in [0.3, 0.4) is 0 Å². The smallest absolute Gasteiger partial charge is 0.322 e. The molecule has 1 aromatic heterocycles. The monoisotopic (exact) mass is 655 g/mol. The number of urea groups is 1. The van der Waals surface area contributed by atoms with Crippen molar-refractivity contribution in [3.05, 3.63) is 89.0 Å². The van der Waals surface area contributed by atoms with Gasteiger partial charge in [-0.25, -0.2) is 18.1 Å². The van der Waals surface area contributed by atoms with E-state index in [0.717, 1.165) is 24.8 Å². The van der Waals surface area contributed by atoms with Crippen LogP contribution in [0.4, 0.5) is 20.6 Å². The normalized spacial score (nSPS) is 20.4. The number of hydrogen-bond acceptors (Lipinski definition) is 5. The zero-order valence-electron chi connectivity index (χ0n) is 25.6. The Morgan fingerprint density at radius 1 is 1.04 bits per heavy atom. The number of pyridine rings is 1. The van der Waals surface area contributed by atoms with Crippen LogP contribution < -0.4 is 15.4 Å². The van der Waals surface area contributed by atoms with E-state index in [-0.39, 0.29) is 18.7 Å². The summed E-state index contributed by atoms with van der Waals surface area (Å²) in [5, 5.41) is 16.3. The molecule has 1 aliphatic carbocycles. The summed E-state index contributed by atoms with van der Waals surface area (Å²) in [5.41, 5.74) is 0.883. The minimum Gasteiger partial charge on any atom is -0.391 e. The highest BCUT2D eigenvalue weighted by molar-refractivity contribution is 7.84. The molecule has 3 aromatic rings. The minimum absolute atomic E-state index is 0.00432. The van der Waals surface area contributed by atoms with Crippen molar-refractivity contribution in [2.75, 3.05) is 17.2 Å². The fourth-order valence-electron chi connectivity index (χ4n) is 5.52. The number of aliphatic hydroxyl groups excluding tert-OH is 1. The third-order valence-electron chi connectivity index (χ3n) is 8.28. The van der Waals surface area contributed by atoms with E-state index in [9.17, 15) is 18.9 Å². The average Bonchev–Trinajstić information content (AvgIpc) is 3.75. The Hall–Kier alpha value is -3.38. The van der Waals surface area contributed by atoms with E-state index in [1.54, 1.807) is 48.8 Å². The molecule has 2 aliphatic rings. The van der Waals surface area contributed by atoms with Gasteiger partial charge in [-0.1, -0.05) is 30.5 Å². The Bertz CT molecular complexity index is 1550. The molecular weight excluding hydrogens is 617 g/mol. The molecule has 4 N–H and O–H groups in total. The molecule has 240 valence electrons. The first kappa shape index (κ1) is 33.0. The highest BCUT2D eigenvalue weighted by Gasteiger charge is 2.42. The minimum atomic E-state index is -1.50. The van der Waals surface area contributed by atoms with Crippen LogP contribution in [0.1, 0.15) is 64.0 Å². The fraction of sp³-hybridized carbons (Fsp3) is 0.424. The Kier molecular flexibility index (Phi) is 9.93. The molecule has 2 fully saturated rings. The van der Waals surface area contributed by atoms with Gasteiger partial charge in [0.05, 0.1) is 33.1 Å². The van der Waals surface area contributed by atoms with Crippen LogP contribution in [0.2, 0.25) is 5.02 Å². The molecule has 5 rings (SSSR count). The predicted molar refractivity (Wildman–Crippen MR) is 175 cm³/mol. The van der Waals surface area contributed by atoms with Gasteiger partial charge < -0.3 is 20.6 Å². The number of β-amino-alcohol motifs (C(OH)–C–C–N with tert-alkyl or cyclic N) is 1. The van der Waals surface area contributed by atoms with Gasteiger partial charge in [0.15, 0.2) is 0 Å². The maximum atomic E-state index is 15.4. The molecule has 1 saturated carbocycles. The second kappa shape index (κ2) is 13.5. The molecule has 0 radical (unpaired) electrons. The van der Waals surface area contributed by atoms with Crippen molar-refractivity contribution in [2.45, 2.75) is 75.3 Å². The van der Waals surface area contributed by atoms with Gasteiger partial charge in [-0.05, 0) is 99.2 Å². The highest BCUT2D eigenvalue weighted by Crippen LogP contribution is 2.42. The second-order valence-corrected chi connectivity index (χ2v) is 15.2. The van der Waals surface area contributed by atoms with Crippen LogP contribution in [0.15, 0.2) is 67.0 Å². The lowest BCUT2D eigenvalue weighted by Crippen LogP contribution is -2.49. The van der Waals surface area contributed by atoms with E-state index < -0.39 is 51.2 Å². The van der Waals surface area contributed by atoms with E-state index in [2.05, 4.69) is 20.3 Å². The number of likely N-dealkylation sites (tertiary alicyclic amines) is 1. The van der Waals surface area contributed by atoms with Crippen molar-refractivity contribution in [1.82, 2.24) is 14.6 Å². The molecule has 45 heavy (non-hydrogen) atoms. The van der Waals surface area contributed by atoms with Gasteiger partial charge in [0.25, 0.3) is 0 Å². The topological polar surface area (TPSA) is 124 Å². The van der Waals surface area contributed by atoms with E-state index >= 15 is 4.39 Å². The molecule has 0 bridgehead atoms. The van der Waals surface area contributed by atoms with E-state index in [1.165, 1.54) is 11.0 Å². The first-order valence-corrected chi connectivity index (χ1v) is 16.6. The van der Waals surface area contributed by atoms with Crippen LogP contribution in [0, 0.1) is 11.7 Å². The predicted octanol–water partition coefficient (Wildman–Crippen LogP) is 5.97. The zero-order valence-corrected chi connectivity index (χ0v) is 27.1.